The number of carboxylic acids is 1. The Morgan fingerprint density at radius 2 is 2.35 bits per heavy atom. The van der Waals surface area contributed by atoms with Crippen molar-refractivity contribution in [3.63, 3.8) is 0 Å². The molecule has 1 heterocycles. The van der Waals surface area contributed by atoms with E-state index in [-0.39, 0.29) is 11.6 Å². The molecule has 88 valence electrons. The summed E-state index contributed by atoms with van der Waals surface area (Å²) < 4.78 is 0. The predicted octanol–water partition coefficient (Wildman–Crippen LogP) is 3.01. The zero-order valence-corrected chi connectivity index (χ0v) is 10.1. The number of thiazole rings is 1. The Balaban J connectivity index is 2.13. The summed E-state index contributed by atoms with van der Waals surface area (Å²) in [6, 6.07) is 6.89. The van der Waals surface area contributed by atoms with Crippen LogP contribution < -0.4 is 5.32 Å². The van der Waals surface area contributed by atoms with Crippen molar-refractivity contribution >= 4 is 23.0 Å². The van der Waals surface area contributed by atoms with Crippen LogP contribution in [0.25, 0.3) is 0 Å². The molecule has 17 heavy (non-hydrogen) atoms. The van der Waals surface area contributed by atoms with E-state index in [2.05, 4.69) is 10.3 Å². The molecule has 4 nitrogen and oxygen atoms in total. The second-order valence-corrected chi connectivity index (χ2v) is 4.57. The number of anilines is 1. The largest absolute Gasteiger partial charge is 0.478 e. The molecular formula is C12H12N2O2S. The number of nitrogens with one attached hydrogen (secondary N) is 1. The first-order chi connectivity index (χ1) is 8.16. The lowest BCUT2D eigenvalue weighted by Crippen LogP contribution is -2.06. The van der Waals surface area contributed by atoms with Crippen LogP contribution in [-0.2, 0) is 0 Å². The summed E-state index contributed by atoms with van der Waals surface area (Å²) in [5.41, 5.74) is 2.86. The van der Waals surface area contributed by atoms with Gasteiger partial charge in [-0.05, 0) is 25.1 Å². The van der Waals surface area contributed by atoms with Gasteiger partial charge in [-0.15, -0.1) is 11.3 Å². The maximum Gasteiger partial charge on any atom is 0.335 e. The molecule has 0 aliphatic carbocycles. The Morgan fingerprint density at radius 3 is 3.00 bits per heavy atom. The van der Waals surface area contributed by atoms with Gasteiger partial charge in [-0.3, -0.25) is 4.98 Å². The number of rotatable bonds is 4. The summed E-state index contributed by atoms with van der Waals surface area (Å²) in [6.45, 7) is 2.01. The molecule has 0 spiro atoms. The Kier molecular flexibility index (Phi) is 3.39. The lowest BCUT2D eigenvalue weighted by molar-refractivity contribution is 0.0697. The first-order valence-electron chi connectivity index (χ1n) is 5.15. The molecule has 0 amide bonds. The van der Waals surface area contributed by atoms with E-state index >= 15 is 0 Å². The van der Waals surface area contributed by atoms with Gasteiger partial charge < -0.3 is 10.4 Å². The van der Waals surface area contributed by atoms with E-state index in [4.69, 9.17) is 5.11 Å². The third kappa shape index (κ3) is 2.82. The van der Waals surface area contributed by atoms with Crippen LogP contribution in [-0.4, -0.2) is 16.1 Å². The fourth-order valence-corrected chi connectivity index (χ4v) is 2.13. The molecule has 0 saturated carbocycles. The summed E-state index contributed by atoms with van der Waals surface area (Å²) in [5.74, 6) is -0.918. The number of nitrogens with zero attached hydrogens (tertiary/aromatic N) is 1. The van der Waals surface area contributed by atoms with Gasteiger partial charge in [0.1, 0.15) is 0 Å². The third-order valence-corrected chi connectivity index (χ3v) is 3.33. The number of carbonyl (C=O) groups is 1. The van der Waals surface area contributed by atoms with Gasteiger partial charge >= 0.3 is 5.97 Å². The minimum atomic E-state index is -0.918. The molecule has 1 atom stereocenters. The van der Waals surface area contributed by atoms with Gasteiger partial charge in [0.05, 0.1) is 17.1 Å². The van der Waals surface area contributed by atoms with E-state index in [0.29, 0.717) is 0 Å². The summed E-state index contributed by atoms with van der Waals surface area (Å²) in [4.78, 5) is 16.0. The van der Waals surface area contributed by atoms with Gasteiger partial charge in [0.25, 0.3) is 0 Å². The monoisotopic (exact) mass is 248 g/mol. The highest BCUT2D eigenvalue weighted by atomic mass is 32.1. The number of benzene rings is 1. The quantitative estimate of drug-likeness (QED) is 0.873. The summed E-state index contributed by atoms with van der Waals surface area (Å²) >= 11 is 1.57. The Hall–Kier alpha value is -1.88. The van der Waals surface area contributed by atoms with E-state index in [0.717, 1.165) is 10.6 Å². The SMILES string of the molecule is CC(Nc1cccc(C(=O)O)c1)c1cncs1. The van der Waals surface area contributed by atoms with Crippen molar-refractivity contribution in [2.75, 3.05) is 5.32 Å². The van der Waals surface area contributed by atoms with E-state index in [1.165, 1.54) is 0 Å². The van der Waals surface area contributed by atoms with Gasteiger partial charge in [0.2, 0.25) is 0 Å². The topological polar surface area (TPSA) is 62.2 Å². The van der Waals surface area contributed by atoms with Crippen molar-refractivity contribution in [1.29, 1.82) is 0 Å². The molecule has 1 unspecified atom stereocenters. The molecule has 5 heteroatoms. The number of carboxylic acid groups (broad SMARTS) is 1. The lowest BCUT2D eigenvalue weighted by atomic mass is 10.2. The molecule has 0 fully saturated rings. The van der Waals surface area contributed by atoms with Crippen molar-refractivity contribution in [3.8, 4) is 0 Å². The molecule has 2 rings (SSSR count). The predicted molar refractivity (Wildman–Crippen MR) is 67.6 cm³/mol. The van der Waals surface area contributed by atoms with Crippen LogP contribution in [0.15, 0.2) is 36.0 Å². The van der Waals surface area contributed by atoms with Crippen molar-refractivity contribution in [3.05, 3.63) is 46.4 Å². The second kappa shape index (κ2) is 4.97. The van der Waals surface area contributed by atoms with Crippen LogP contribution in [0, 0.1) is 0 Å². The van der Waals surface area contributed by atoms with Gasteiger partial charge in [0.15, 0.2) is 0 Å². The number of hydrogen-bond donors (Lipinski definition) is 2. The van der Waals surface area contributed by atoms with E-state index in [1.54, 1.807) is 35.0 Å². The minimum absolute atomic E-state index is 0.117. The molecule has 0 radical (unpaired) electrons. The van der Waals surface area contributed by atoms with Crippen LogP contribution in [0.3, 0.4) is 0 Å². The van der Waals surface area contributed by atoms with Gasteiger partial charge in [-0.2, -0.15) is 0 Å². The average Bonchev–Trinajstić information content (AvgIpc) is 2.82. The minimum Gasteiger partial charge on any atom is -0.478 e. The fraction of sp³-hybridized carbons (Fsp3) is 0.167. The highest BCUT2D eigenvalue weighted by Gasteiger charge is 2.08. The maximum absolute atomic E-state index is 10.8. The maximum atomic E-state index is 10.8. The number of aromatic nitrogens is 1. The Morgan fingerprint density at radius 1 is 1.53 bits per heavy atom. The van der Waals surface area contributed by atoms with E-state index < -0.39 is 5.97 Å². The molecule has 2 N–H and O–H groups in total. The zero-order valence-electron chi connectivity index (χ0n) is 9.25. The van der Waals surface area contributed by atoms with E-state index in [9.17, 15) is 4.79 Å². The third-order valence-electron chi connectivity index (χ3n) is 2.37. The standard InChI is InChI=1S/C12H12N2O2S/c1-8(11-6-13-7-17-11)14-10-4-2-3-9(5-10)12(15)16/h2-8,14H,1H3,(H,15,16). The van der Waals surface area contributed by atoms with Crippen LogP contribution in [0.1, 0.15) is 28.2 Å². The van der Waals surface area contributed by atoms with Crippen molar-refractivity contribution in [1.82, 2.24) is 4.98 Å². The van der Waals surface area contributed by atoms with Crippen LogP contribution >= 0.6 is 11.3 Å². The smallest absolute Gasteiger partial charge is 0.335 e. The van der Waals surface area contributed by atoms with Gasteiger partial charge in [0, 0.05) is 16.8 Å². The molecule has 0 aliphatic heterocycles. The van der Waals surface area contributed by atoms with Gasteiger partial charge in [-0.1, -0.05) is 6.07 Å². The average molecular weight is 248 g/mol. The van der Waals surface area contributed by atoms with E-state index in [1.807, 2.05) is 19.2 Å². The van der Waals surface area contributed by atoms with Gasteiger partial charge in [-0.25, -0.2) is 4.79 Å². The number of aromatic carboxylic acids is 1. The van der Waals surface area contributed by atoms with Crippen LogP contribution in [0.2, 0.25) is 0 Å². The van der Waals surface area contributed by atoms with Crippen molar-refractivity contribution in [2.45, 2.75) is 13.0 Å². The summed E-state index contributed by atoms with van der Waals surface area (Å²) in [6.07, 6.45) is 1.81. The lowest BCUT2D eigenvalue weighted by Gasteiger charge is -2.13. The molecule has 0 saturated heterocycles. The molecule has 0 bridgehead atoms. The van der Waals surface area contributed by atoms with Crippen molar-refractivity contribution < 1.29 is 9.90 Å². The Labute approximate surface area is 103 Å². The molecule has 1 aromatic carbocycles. The molecule has 1 aromatic heterocycles. The fourth-order valence-electron chi connectivity index (χ4n) is 1.50. The summed E-state index contributed by atoms with van der Waals surface area (Å²) in [5, 5.41) is 12.1. The molecule has 0 aliphatic rings. The first kappa shape index (κ1) is 11.6. The second-order valence-electron chi connectivity index (χ2n) is 3.66. The summed E-state index contributed by atoms with van der Waals surface area (Å²) in [7, 11) is 0. The van der Waals surface area contributed by atoms with Crippen molar-refractivity contribution in [2.24, 2.45) is 0 Å². The van der Waals surface area contributed by atoms with Crippen LogP contribution in [0.5, 0.6) is 0 Å². The molecular weight excluding hydrogens is 236 g/mol. The zero-order chi connectivity index (χ0) is 12.3. The normalized spacial score (nSPS) is 12.1. The molecule has 2 aromatic rings. The van der Waals surface area contributed by atoms with Crippen LogP contribution in [0.4, 0.5) is 5.69 Å². The highest BCUT2D eigenvalue weighted by Crippen LogP contribution is 2.22. The number of hydrogen-bond acceptors (Lipinski definition) is 4. The first-order valence-corrected chi connectivity index (χ1v) is 6.03. The highest BCUT2D eigenvalue weighted by molar-refractivity contribution is 7.09. The Bertz CT molecular complexity index is 511.